The topological polar surface area (TPSA) is 105 Å². The van der Waals surface area contributed by atoms with Crippen molar-refractivity contribution in [3.63, 3.8) is 0 Å². The predicted octanol–water partition coefficient (Wildman–Crippen LogP) is 3.31. The number of nitrogens with two attached hydrogens (primary N) is 1. The van der Waals surface area contributed by atoms with Crippen molar-refractivity contribution in [2.24, 2.45) is 11.7 Å². The van der Waals surface area contributed by atoms with Crippen LogP contribution in [0.25, 0.3) is 0 Å². The summed E-state index contributed by atoms with van der Waals surface area (Å²) in [7, 11) is 0. The zero-order valence-electron chi connectivity index (χ0n) is 19.9. The van der Waals surface area contributed by atoms with E-state index in [9.17, 15) is 14.0 Å². The number of nitrogens with one attached hydrogen (secondary N) is 3. The minimum atomic E-state index is -0.377. The maximum absolute atomic E-state index is 14.1. The van der Waals surface area contributed by atoms with Crippen molar-refractivity contribution in [2.45, 2.75) is 70.8 Å². The molecule has 7 nitrogen and oxygen atoms in total. The van der Waals surface area contributed by atoms with Gasteiger partial charge in [-0.3, -0.25) is 14.9 Å². The van der Waals surface area contributed by atoms with Crippen molar-refractivity contribution >= 4 is 12.3 Å². The van der Waals surface area contributed by atoms with Gasteiger partial charge in [0, 0.05) is 24.4 Å². The first kappa shape index (κ1) is 26.6. The second-order valence-electron chi connectivity index (χ2n) is 8.65. The van der Waals surface area contributed by atoms with E-state index < -0.39 is 0 Å². The summed E-state index contributed by atoms with van der Waals surface area (Å²) in [5.74, 6) is 0.479. The van der Waals surface area contributed by atoms with Gasteiger partial charge in [-0.15, -0.1) is 0 Å². The number of carbonyl (C=O) groups is 2. The van der Waals surface area contributed by atoms with E-state index in [0.717, 1.165) is 49.8 Å². The lowest BCUT2D eigenvalue weighted by molar-refractivity contribution is -0.127. The van der Waals surface area contributed by atoms with Crippen LogP contribution in [-0.4, -0.2) is 38.1 Å². The Labute approximate surface area is 196 Å². The molecule has 1 aromatic rings. The number of benzene rings is 1. The lowest BCUT2D eigenvalue weighted by atomic mass is 9.96. The molecule has 0 radical (unpaired) electrons. The monoisotopic (exact) mass is 462 g/mol. The van der Waals surface area contributed by atoms with E-state index in [1.54, 1.807) is 6.20 Å². The molecule has 0 aliphatic heterocycles. The number of ether oxygens (including phenoxy) is 1. The van der Waals surface area contributed by atoms with Crippen molar-refractivity contribution in [1.82, 2.24) is 16.0 Å². The summed E-state index contributed by atoms with van der Waals surface area (Å²) in [5.41, 5.74) is 7.78. The highest BCUT2D eigenvalue weighted by molar-refractivity contribution is 5.89. The highest BCUT2D eigenvalue weighted by Crippen LogP contribution is 2.31. The molecule has 1 aliphatic carbocycles. The van der Waals surface area contributed by atoms with E-state index in [2.05, 4.69) is 22.9 Å². The Morgan fingerprint density at radius 2 is 2.12 bits per heavy atom. The van der Waals surface area contributed by atoms with E-state index in [1.807, 2.05) is 19.1 Å². The van der Waals surface area contributed by atoms with Crippen LogP contribution in [0.4, 0.5) is 4.39 Å². The molecule has 0 saturated heterocycles. The van der Waals surface area contributed by atoms with Crippen LogP contribution in [0.3, 0.4) is 0 Å². The van der Waals surface area contributed by atoms with E-state index in [-0.39, 0.29) is 23.7 Å². The SMILES string of the molecule is CCCC(NCCC/C(=C/N)NCC(CC)c1ccc(F)c(OCC2CC2)c1)C(=O)NC=O. The minimum absolute atomic E-state index is 0.197. The third kappa shape index (κ3) is 9.42. The van der Waals surface area contributed by atoms with E-state index >= 15 is 0 Å². The zero-order valence-corrected chi connectivity index (χ0v) is 19.9. The quantitative estimate of drug-likeness (QED) is 0.209. The molecule has 2 rings (SSSR count). The van der Waals surface area contributed by atoms with Crippen LogP contribution in [-0.2, 0) is 9.59 Å². The Bertz CT molecular complexity index is 783. The van der Waals surface area contributed by atoms with Gasteiger partial charge in [-0.1, -0.05) is 26.3 Å². The number of imide groups is 1. The fourth-order valence-electron chi connectivity index (χ4n) is 3.69. The maximum atomic E-state index is 14.1. The molecule has 1 aromatic carbocycles. The minimum Gasteiger partial charge on any atom is -0.490 e. The first-order valence-corrected chi connectivity index (χ1v) is 12.1. The second-order valence-corrected chi connectivity index (χ2v) is 8.65. The Morgan fingerprint density at radius 3 is 2.76 bits per heavy atom. The maximum Gasteiger partial charge on any atom is 0.243 e. The van der Waals surface area contributed by atoms with Crippen LogP contribution in [0, 0.1) is 11.7 Å². The molecule has 0 aromatic heterocycles. The third-order valence-corrected chi connectivity index (χ3v) is 5.98. The normalized spacial score (nSPS) is 15.5. The summed E-state index contributed by atoms with van der Waals surface area (Å²) in [5, 5.41) is 8.84. The van der Waals surface area contributed by atoms with Gasteiger partial charge in [0.05, 0.1) is 12.6 Å². The van der Waals surface area contributed by atoms with Gasteiger partial charge in [0.15, 0.2) is 11.6 Å². The Hall–Kier alpha value is -2.61. The molecular formula is C25H39FN4O3. The fraction of sp³-hybridized carbons (Fsp3) is 0.600. The fourth-order valence-corrected chi connectivity index (χ4v) is 3.69. The summed E-state index contributed by atoms with van der Waals surface area (Å²) in [6.07, 6.45) is 8.24. The Morgan fingerprint density at radius 1 is 1.33 bits per heavy atom. The van der Waals surface area contributed by atoms with Gasteiger partial charge in [0.2, 0.25) is 12.3 Å². The number of carbonyl (C=O) groups excluding carboxylic acids is 2. The summed E-state index contributed by atoms with van der Waals surface area (Å²) >= 11 is 0. The molecule has 0 bridgehead atoms. The van der Waals surface area contributed by atoms with Gasteiger partial charge in [-0.05, 0) is 68.7 Å². The van der Waals surface area contributed by atoms with E-state index in [4.69, 9.17) is 10.5 Å². The van der Waals surface area contributed by atoms with Crippen molar-refractivity contribution in [1.29, 1.82) is 0 Å². The molecule has 184 valence electrons. The molecular weight excluding hydrogens is 423 g/mol. The van der Waals surface area contributed by atoms with Crippen molar-refractivity contribution in [3.8, 4) is 5.75 Å². The van der Waals surface area contributed by atoms with Crippen molar-refractivity contribution in [2.75, 3.05) is 19.7 Å². The highest BCUT2D eigenvalue weighted by Gasteiger charge is 2.23. The summed E-state index contributed by atoms with van der Waals surface area (Å²) in [6.45, 7) is 6.00. The molecule has 2 unspecified atom stereocenters. The number of halogens is 1. The molecule has 33 heavy (non-hydrogen) atoms. The second kappa shape index (κ2) is 14.5. The highest BCUT2D eigenvalue weighted by atomic mass is 19.1. The lowest BCUT2D eigenvalue weighted by Gasteiger charge is -2.20. The van der Waals surface area contributed by atoms with Crippen LogP contribution >= 0.6 is 0 Å². The number of amides is 2. The van der Waals surface area contributed by atoms with Gasteiger partial charge < -0.3 is 21.1 Å². The summed E-state index contributed by atoms with van der Waals surface area (Å²) in [6, 6.07) is 4.75. The van der Waals surface area contributed by atoms with Gasteiger partial charge >= 0.3 is 0 Å². The molecule has 0 spiro atoms. The van der Waals surface area contributed by atoms with E-state index in [1.165, 1.54) is 6.07 Å². The molecule has 0 heterocycles. The number of allylic oxidation sites excluding steroid dienone is 1. The van der Waals surface area contributed by atoms with Crippen LogP contribution in [0.2, 0.25) is 0 Å². The van der Waals surface area contributed by atoms with Crippen LogP contribution in [0.1, 0.15) is 70.3 Å². The molecule has 1 fully saturated rings. The van der Waals surface area contributed by atoms with Gasteiger partial charge in [-0.25, -0.2) is 4.39 Å². The van der Waals surface area contributed by atoms with Crippen LogP contribution < -0.4 is 26.4 Å². The average Bonchev–Trinajstić information content (AvgIpc) is 3.64. The molecule has 1 saturated carbocycles. The lowest BCUT2D eigenvalue weighted by Crippen LogP contribution is -2.44. The van der Waals surface area contributed by atoms with Crippen LogP contribution in [0.5, 0.6) is 5.75 Å². The standard InChI is InChI=1S/C25H39FN4O3/c1-3-6-23(25(32)30-17-31)28-12-5-7-21(14-27)29-15-19(4-2)20-10-11-22(26)24(13-20)33-16-18-8-9-18/h10-11,13-14,17-19,23,28-29H,3-9,12,15-16,27H2,1-2H3,(H,30,31,32)/b21-14-. The molecule has 2 atom stereocenters. The Kier molecular flexibility index (Phi) is 11.7. The zero-order chi connectivity index (χ0) is 24.1. The third-order valence-electron chi connectivity index (χ3n) is 5.98. The first-order valence-electron chi connectivity index (χ1n) is 12.1. The van der Waals surface area contributed by atoms with Crippen molar-refractivity contribution < 1.29 is 18.7 Å². The molecule has 8 heteroatoms. The van der Waals surface area contributed by atoms with E-state index in [0.29, 0.717) is 44.2 Å². The van der Waals surface area contributed by atoms with Crippen LogP contribution in [0.15, 0.2) is 30.1 Å². The molecule has 1 aliphatic rings. The number of rotatable bonds is 17. The number of hydrogen-bond donors (Lipinski definition) is 4. The number of hydrogen-bond acceptors (Lipinski definition) is 6. The molecule has 2 amide bonds. The Balaban J connectivity index is 1.81. The van der Waals surface area contributed by atoms with Gasteiger partial charge in [-0.2, -0.15) is 0 Å². The first-order chi connectivity index (χ1) is 16.0. The van der Waals surface area contributed by atoms with Gasteiger partial charge in [0.25, 0.3) is 0 Å². The molecule has 5 N–H and O–H groups in total. The van der Waals surface area contributed by atoms with Gasteiger partial charge in [0.1, 0.15) is 0 Å². The average molecular weight is 463 g/mol. The van der Waals surface area contributed by atoms with Crippen molar-refractivity contribution in [3.05, 3.63) is 41.5 Å². The smallest absolute Gasteiger partial charge is 0.243 e. The predicted molar refractivity (Wildman–Crippen MR) is 128 cm³/mol. The summed E-state index contributed by atoms with van der Waals surface area (Å²) in [4.78, 5) is 22.4. The largest absolute Gasteiger partial charge is 0.490 e. The summed E-state index contributed by atoms with van der Waals surface area (Å²) < 4.78 is 19.8.